The average Bonchev–Trinajstić information content (AvgIpc) is 3.23. The molecule has 1 aliphatic rings. The summed E-state index contributed by atoms with van der Waals surface area (Å²) in [4.78, 5) is 16.3. The highest BCUT2D eigenvalue weighted by Crippen LogP contribution is 2.38. The lowest BCUT2D eigenvalue weighted by molar-refractivity contribution is 0.0731. The van der Waals surface area contributed by atoms with E-state index in [-0.39, 0.29) is 11.9 Å². The first-order valence-corrected chi connectivity index (χ1v) is 8.19. The summed E-state index contributed by atoms with van der Waals surface area (Å²) in [6.45, 7) is 0.766. The van der Waals surface area contributed by atoms with Crippen molar-refractivity contribution in [1.29, 1.82) is 0 Å². The number of nitrogens with zero attached hydrogens (tertiary/aromatic N) is 1. The van der Waals surface area contributed by atoms with Gasteiger partial charge < -0.3 is 14.4 Å². The highest BCUT2D eigenvalue weighted by atomic mass is 32.1. The Labute approximate surface area is 134 Å². The van der Waals surface area contributed by atoms with Crippen LogP contribution in [0.4, 0.5) is 0 Å². The van der Waals surface area contributed by atoms with Crippen molar-refractivity contribution in [2.75, 3.05) is 20.8 Å². The normalized spacial score (nSPS) is 17.5. The Bertz CT molecular complexity index is 632. The van der Waals surface area contributed by atoms with E-state index in [0.717, 1.165) is 19.4 Å². The lowest BCUT2D eigenvalue weighted by Gasteiger charge is -2.25. The molecular weight excluding hydrogens is 298 g/mol. The number of hydrogen-bond donors (Lipinski definition) is 0. The first-order chi connectivity index (χ1) is 10.8. The Morgan fingerprint density at radius 3 is 2.50 bits per heavy atom. The molecule has 1 aliphatic heterocycles. The number of carbonyl (C=O) groups excluding carboxylic acids is 1. The van der Waals surface area contributed by atoms with Gasteiger partial charge in [0.25, 0.3) is 5.91 Å². The Balaban J connectivity index is 1.97. The van der Waals surface area contributed by atoms with Crippen molar-refractivity contribution in [3.63, 3.8) is 0 Å². The van der Waals surface area contributed by atoms with Crippen LogP contribution >= 0.6 is 11.3 Å². The third-order valence-corrected chi connectivity index (χ3v) is 5.00. The summed E-state index contributed by atoms with van der Waals surface area (Å²) in [7, 11) is 3.15. The van der Waals surface area contributed by atoms with Gasteiger partial charge >= 0.3 is 0 Å². The SMILES string of the molecule is COc1cccc(OC)c1C(=O)N1CCCC1c1cccs1. The highest BCUT2D eigenvalue weighted by molar-refractivity contribution is 7.10. The number of amides is 1. The predicted octanol–water partition coefficient (Wildman–Crippen LogP) is 3.74. The molecular formula is C17H19NO3S. The zero-order valence-electron chi connectivity index (χ0n) is 12.7. The van der Waals surface area contributed by atoms with Gasteiger partial charge in [-0.1, -0.05) is 12.1 Å². The van der Waals surface area contributed by atoms with Gasteiger partial charge in [0, 0.05) is 11.4 Å². The Hall–Kier alpha value is -2.01. The lowest BCUT2D eigenvalue weighted by Crippen LogP contribution is -2.30. The van der Waals surface area contributed by atoms with Gasteiger partial charge in [-0.15, -0.1) is 11.3 Å². The fourth-order valence-corrected chi connectivity index (χ4v) is 3.87. The van der Waals surface area contributed by atoms with Crippen LogP contribution in [-0.4, -0.2) is 31.6 Å². The standard InChI is InChI=1S/C17H19NO3S/c1-20-13-7-3-8-14(21-2)16(13)17(19)18-10-4-6-12(18)15-9-5-11-22-15/h3,5,7-9,11-12H,4,6,10H2,1-2H3. The van der Waals surface area contributed by atoms with Crippen LogP contribution in [0.2, 0.25) is 0 Å². The molecule has 0 aliphatic carbocycles. The summed E-state index contributed by atoms with van der Waals surface area (Å²) in [6.07, 6.45) is 2.02. The molecule has 22 heavy (non-hydrogen) atoms. The summed E-state index contributed by atoms with van der Waals surface area (Å²) < 4.78 is 10.7. The van der Waals surface area contributed by atoms with Gasteiger partial charge in [-0.2, -0.15) is 0 Å². The van der Waals surface area contributed by atoms with Crippen LogP contribution in [0.15, 0.2) is 35.7 Å². The summed E-state index contributed by atoms with van der Waals surface area (Å²) in [5.41, 5.74) is 0.510. The van der Waals surface area contributed by atoms with E-state index in [1.54, 1.807) is 37.7 Å². The van der Waals surface area contributed by atoms with Crippen molar-refractivity contribution in [2.24, 2.45) is 0 Å². The van der Waals surface area contributed by atoms with Crippen LogP contribution < -0.4 is 9.47 Å². The first-order valence-electron chi connectivity index (χ1n) is 7.31. The van der Waals surface area contributed by atoms with E-state index in [4.69, 9.17) is 9.47 Å². The maximum Gasteiger partial charge on any atom is 0.261 e. The number of rotatable bonds is 4. The van der Waals surface area contributed by atoms with Crippen LogP contribution in [-0.2, 0) is 0 Å². The van der Waals surface area contributed by atoms with Gasteiger partial charge in [0.2, 0.25) is 0 Å². The van der Waals surface area contributed by atoms with Gasteiger partial charge in [-0.05, 0) is 36.4 Å². The molecule has 116 valence electrons. The minimum absolute atomic E-state index is 0.0230. The zero-order valence-corrected chi connectivity index (χ0v) is 13.6. The van der Waals surface area contributed by atoms with Gasteiger partial charge in [0.15, 0.2) is 0 Å². The van der Waals surface area contributed by atoms with Gasteiger partial charge in [-0.3, -0.25) is 4.79 Å². The molecule has 0 bridgehead atoms. The molecule has 1 amide bonds. The molecule has 4 nitrogen and oxygen atoms in total. The topological polar surface area (TPSA) is 38.8 Å². The molecule has 0 spiro atoms. The predicted molar refractivity (Wildman–Crippen MR) is 86.9 cm³/mol. The molecule has 1 fully saturated rings. The third-order valence-electron chi connectivity index (χ3n) is 4.03. The van der Waals surface area contributed by atoms with Crippen LogP contribution in [0.25, 0.3) is 0 Å². The smallest absolute Gasteiger partial charge is 0.261 e. The molecule has 2 heterocycles. The summed E-state index contributed by atoms with van der Waals surface area (Å²) >= 11 is 1.70. The number of benzene rings is 1. The highest BCUT2D eigenvalue weighted by Gasteiger charge is 2.33. The number of hydrogen-bond acceptors (Lipinski definition) is 4. The number of ether oxygens (including phenoxy) is 2. The van der Waals surface area contributed by atoms with Crippen molar-refractivity contribution in [3.05, 3.63) is 46.2 Å². The Kier molecular flexibility index (Phi) is 4.34. The van der Waals surface area contributed by atoms with E-state index in [2.05, 4.69) is 11.4 Å². The zero-order chi connectivity index (χ0) is 15.5. The second kappa shape index (κ2) is 6.40. The Morgan fingerprint density at radius 1 is 1.18 bits per heavy atom. The van der Waals surface area contributed by atoms with E-state index in [9.17, 15) is 4.79 Å². The van der Waals surface area contributed by atoms with E-state index in [1.807, 2.05) is 17.0 Å². The molecule has 1 atom stereocenters. The largest absolute Gasteiger partial charge is 0.496 e. The van der Waals surface area contributed by atoms with Gasteiger partial charge in [0.05, 0.1) is 20.3 Å². The number of methoxy groups -OCH3 is 2. The van der Waals surface area contributed by atoms with E-state index >= 15 is 0 Å². The molecule has 1 unspecified atom stereocenters. The van der Waals surface area contributed by atoms with Crippen LogP contribution in [0.5, 0.6) is 11.5 Å². The van der Waals surface area contributed by atoms with Gasteiger partial charge in [-0.25, -0.2) is 0 Å². The van der Waals surface area contributed by atoms with Crippen LogP contribution in [0.1, 0.15) is 34.1 Å². The van der Waals surface area contributed by atoms with Crippen molar-refractivity contribution in [2.45, 2.75) is 18.9 Å². The maximum atomic E-state index is 13.1. The summed E-state index contributed by atoms with van der Waals surface area (Å²) in [5, 5.41) is 2.06. The van der Waals surface area contributed by atoms with Gasteiger partial charge in [0.1, 0.15) is 17.1 Å². The molecule has 0 saturated carbocycles. The Morgan fingerprint density at radius 2 is 1.91 bits per heavy atom. The minimum Gasteiger partial charge on any atom is -0.496 e. The minimum atomic E-state index is -0.0230. The molecule has 1 aromatic heterocycles. The molecule has 1 aromatic carbocycles. The maximum absolute atomic E-state index is 13.1. The lowest BCUT2D eigenvalue weighted by atomic mass is 10.1. The average molecular weight is 317 g/mol. The fourth-order valence-electron chi connectivity index (χ4n) is 2.99. The molecule has 5 heteroatoms. The van der Waals surface area contributed by atoms with E-state index in [0.29, 0.717) is 17.1 Å². The van der Waals surface area contributed by atoms with E-state index in [1.165, 1.54) is 4.88 Å². The number of carbonyl (C=O) groups is 1. The van der Waals surface area contributed by atoms with Crippen molar-refractivity contribution in [1.82, 2.24) is 4.90 Å². The van der Waals surface area contributed by atoms with Crippen LogP contribution in [0.3, 0.4) is 0 Å². The van der Waals surface area contributed by atoms with Crippen molar-refractivity contribution < 1.29 is 14.3 Å². The monoisotopic (exact) mass is 317 g/mol. The molecule has 3 rings (SSSR count). The third kappa shape index (κ3) is 2.57. The second-order valence-electron chi connectivity index (χ2n) is 5.21. The molecule has 0 radical (unpaired) electrons. The second-order valence-corrected chi connectivity index (χ2v) is 6.19. The summed E-state index contributed by atoms with van der Waals surface area (Å²) in [5.74, 6) is 1.09. The molecule has 2 aromatic rings. The summed E-state index contributed by atoms with van der Waals surface area (Å²) in [6, 6.07) is 9.71. The number of thiophene rings is 1. The molecule has 1 saturated heterocycles. The first kappa shape index (κ1) is 14.9. The molecule has 0 N–H and O–H groups in total. The number of likely N-dealkylation sites (tertiary alicyclic amines) is 1. The van der Waals surface area contributed by atoms with E-state index < -0.39 is 0 Å². The quantitative estimate of drug-likeness (QED) is 0.862. The van der Waals surface area contributed by atoms with Crippen molar-refractivity contribution in [3.8, 4) is 11.5 Å². The van der Waals surface area contributed by atoms with Crippen molar-refractivity contribution >= 4 is 17.2 Å². The van der Waals surface area contributed by atoms with Crippen LogP contribution in [0, 0.1) is 0 Å². The fraction of sp³-hybridized carbons (Fsp3) is 0.353.